The van der Waals surface area contributed by atoms with Crippen LogP contribution >= 0.6 is 0 Å². The first-order valence-corrected chi connectivity index (χ1v) is 5.78. The summed E-state index contributed by atoms with van der Waals surface area (Å²) in [7, 11) is 1.63. The quantitative estimate of drug-likeness (QED) is 0.834. The minimum Gasteiger partial charge on any atom is -0.497 e. The summed E-state index contributed by atoms with van der Waals surface area (Å²) in [5.41, 5.74) is 5.81. The average Bonchev–Trinajstić information content (AvgIpc) is 2.27. The lowest BCUT2D eigenvalue weighted by Gasteiger charge is -2.45. The Morgan fingerprint density at radius 2 is 2.00 bits per heavy atom. The maximum absolute atomic E-state index is 11.5. The predicted molar refractivity (Wildman–Crippen MR) is 66.9 cm³/mol. The van der Waals surface area contributed by atoms with Crippen LogP contribution in [0.5, 0.6) is 5.75 Å². The number of methoxy groups -OCH3 is 1. The van der Waals surface area contributed by atoms with Crippen molar-refractivity contribution in [3.05, 3.63) is 24.3 Å². The lowest BCUT2D eigenvalue weighted by molar-refractivity contribution is -0.126. The molecule has 4 nitrogen and oxygen atoms in total. The van der Waals surface area contributed by atoms with Crippen LogP contribution in [0.1, 0.15) is 19.8 Å². The Kier molecular flexibility index (Phi) is 2.96. The van der Waals surface area contributed by atoms with Gasteiger partial charge < -0.3 is 15.8 Å². The van der Waals surface area contributed by atoms with Crippen LogP contribution in [0.4, 0.5) is 5.69 Å². The molecule has 1 fully saturated rings. The lowest BCUT2D eigenvalue weighted by Crippen LogP contribution is -2.58. The summed E-state index contributed by atoms with van der Waals surface area (Å²) in [6, 6.07) is 7.51. The minimum atomic E-state index is -0.562. The Morgan fingerprint density at radius 3 is 2.41 bits per heavy atom. The summed E-state index contributed by atoms with van der Waals surface area (Å²) < 4.78 is 5.08. The monoisotopic (exact) mass is 234 g/mol. The number of ether oxygens (including phenoxy) is 1. The number of hydrogen-bond donors (Lipinski definition) is 2. The van der Waals surface area contributed by atoms with Crippen LogP contribution in [-0.4, -0.2) is 18.6 Å². The van der Waals surface area contributed by atoms with E-state index in [9.17, 15) is 4.79 Å². The second kappa shape index (κ2) is 4.28. The highest BCUT2D eigenvalue weighted by Gasteiger charge is 2.47. The average molecular weight is 234 g/mol. The Balaban J connectivity index is 2.10. The van der Waals surface area contributed by atoms with Crippen molar-refractivity contribution in [1.29, 1.82) is 0 Å². The number of primary amides is 1. The first kappa shape index (κ1) is 11.8. The van der Waals surface area contributed by atoms with Crippen LogP contribution in [0, 0.1) is 5.92 Å². The molecule has 1 saturated carbocycles. The number of carbonyl (C=O) groups is 1. The molecule has 0 radical (unpaired) electrons. The third-order valence-electron chi connectivity index (χ3n) is 3.34. The molecule has 1 aromatic rings. The van der Waals surface area contributed by atoms with Gasteiger partial charge in [0.15, 0.2) is 0 Å². The number of carbonyl (C=O) groups excluding carboxylic acids is 1. The highest BCUT2D eigenvalue weighted by molar-refractivity contribution is 5.89. The van der Waals surface area contributed by atoms with Gasteiger partial charge in [0.1, 0.15) is 11.3 Å². The van der Waals surface area contributed by atoms with E-state index in [0.29, 0.717) is 5.92 Å². The first-order chi connectivity index (χ1) is 8.05. The van der Waals surface area contributed by atoms with E-state index in [1.165, 1.54) is 0 Å². The van der Waals surface area contributed by atoms with Gasteiger partial charge in [-0.15, -0.1) is 0 Å². The molecular formula is C13H18N2O2. The first-order valence-electron chi connectivity index (χ1n) is 5.78. The molecule has 0 spiro atoms. The number of nitrogens with two attached hydrogens (primary N) is 1. The summed E-state index contributed by atoms with van der Waals surface area (Å²) in [5.74, 6) is 1.07. The topological polar surface area (TPSA) is 64.3 Å². The molecule has 1 aromatic carbocycles. The van der Waals surface area contributed by atoms with E-state index in [1.54, 1.807) is 7.11 Å². The summed E-state index contributed by atoms with van der Waals surface area (Å²) in [4.78, 5) is 11.5. The molecule has 1 aliphatic carbocycles. The van der Waals surface area contributed by atoms with Crippen LogP contribution in [0.3, 0.4) is 0 Å². The van der Waals surface area contributed by atoms with Gasteiger partial charge in [-0.2, -0.15) is 0 Å². The molecule has 0 aliphatic heterocycles. The fourth-order valence-electron chi connectivity index (χ4n) is 2.45. The standard InChI is InChI=1S/C13H18N2O2/c1-9-7-13(8-9,12(14)16)15-10-3-5-11(17-2)6-4-10/h3-6,9,15H,7-8H2,1-2H3,(H2,14,16). The molecule has 0 atom stereocenters. The van der Waals surface area contributed by atoms with Crippen LogP contribution in [-0.2, 0) is 4.79 Å². The third-order valence-corrected chi connectivity index (χ3v) is 3.34. The van der Waals surface area contributed by atoms with Gasteiger partial charge in [-0.25, -0.2) is 0 Å². The van der Waals surface area contributed by atoms with E-state index >= 15 is 0 Å². The molecule has 0 bridgehead atoms. The molecule has 92 valence electrons. The van der Waals surface area contributed by atoms with E-state index in [4.69, 9.17) is 10.5 Å². The Hall–Kier alpha value is -1.71. The van der Waals surface area contributed by atoms with Gasteiger partial charge in [0.2, 0.25) is 5.91 Å². The van der Waals surface area contributed by atoms with Crippen molar-refractivity contribution < 1.29 is 9.53 Å². The maximum Gasteiger partial charge on any atom is 0.243 e. The Morgan fingerprint density at radius 1 is 1.41 bits per heavy atom. The smallest absolute Gasteiger partial charge is 0.243 e. The van der Waals surface area contributed by atoms with E-state index in [2.05, 4.69) is 12.2 Å². The Bertz CT molecular complexity index is 408. The van der Waals surface area contributed by atoms with Gasteiger partial charge in [-0.05, 0) is 43.0 Å². The van der Waals surface area contributed by atoms with Gasteiger partial charge in [0, 0.05) is 5.69 Å². The normalized spacial score (nSPS) is 27.1. The molecule has 3 N–H and O–H groups in total. The van der Waals surface area contributed by atoms with E-state index in [0.717, 1.165) is 24.3 Å². The maximum atomic E-state index is 11.5. The van der Waals surface area contributed by atoms with Crippen molar-refractivity contribution in [2.24, 2.45) is 11.7 Å². The van der Waals surface area contributed by atoms with Crippen molar-refractivity contribution in [3.8, 4) is 5.75 Å². The molecular weight excluding hydrogens is 216 g/mol. The van der Waals surface area contributed by atoms with Crippen LogP contribution in [0.15, 0.2) is 24.3 Å². The predicted octanol–water partition coefficient (Wildman–Crippen LogP) is 1.76. The molecule has 1 aliphatic rings. The van der Waals surface area contributed by atoms with Crippen LogP contribution in [0.2, 0.25) is 0 Å². The molecule has 1 amide bonds. The summed E-state index contributed by atoms with van der Waals surface area (Å²) in [5, 5.41) is 3.24. The van der Waals surface area contributed by atoms with Gasteiger partial charge in [0.25, 0.3) is 0 Å². The zero-order valence-corrected chi connectivity index (χ0v) is 10.2. The molecule has 0 aromatic heterocycles. The lowest BCUT2D eigenvalue weighted by atomic mass is 9.68. The number of benzene rings is 1. The fourth-order valence-corrected chi connectivity index (χ4v) is 2.45. The molecule has 17 heavy (non-hydrogen) atoms. The molecule has 4 heteroatoms. The number of anilines is 1. The van der Waals surface area contributed by atoms with Crippen LogP contribution in [0.25, 0.3) is 0 Å². The van der Waals surface area contributed by atoms with E-state index in [1.807, 2.05) is 24.3 Å². The highest BCUT2D eigenvalue weighted by atomic mass is 16.5. The van der Waals surface area contributed by atoms with Crippen molar-refractivity contribution in [3.63, 3.8) is 0 Å². The largest absolute Gasteiger partial charge is 0.497 e. The SMILES string of the molecule is COc1ccc(NC2(C(N)=O)CC(C)C2)cc1. The van der Waals surface area contributed by atoms with Gasteiger partial charge in [-0.1, -0.05) is 6.92 Å². The molecule has 0 saturated heterocycles. The van der Waals surface area contributed by atoms with Crippen molar-refractivity contribution in [2.45, 2.75) is 25.3 Å². The molecule has 0 unspecified atom stereocenters. The van der Waals surface area contributed by atoms with E-state index < -0.39 is 5.54 Å². The number of rotatable bonds is 4. The zero-order chi connectivity index (χ0) is 12.5. The van der Waals surface area contributed by atoms with Gasteiger partial charge in [-0.3, -0.25) is 4.79 Å². The molecule has 0 heterocycles. The molecule has 2 rings (SSSR count). The minimum absolute atomic E-state index is 0.272. The van der Waals surface area contributed by atoms with Gasteiger partial charge in [0.05, 0.1) is 7.11 Å². The highest BCUT2D eigenvalue weighted by Crippen LogP contribution is 2.40. The van der Waals surface area contributed by atoms with Crippen molar-refractivity contribution in [2.75, 3.05) is 12.4 Å². The second-order valence-corrected chi connectivity index (χ2v) is 4.81. The van der Waals surface area contributed by atoms with E-state index in [-0.39, 0.29) is 5.91 Å². The van der Waals surface area contributed by atoms with Crippen LogP contribution < -0.4 is 15.8 Å². The van der Waals surface area contributed by atoms with Crippen molar-refractivity contribution in [1.82, 2.24) is 0 Å². The Labute approximate surface area is 101 Å². The number of amides is 1. The zero-order valence-electron chi connectivity index (χ0n) is 10.2. The summed E-state index contributed by atoms with van der Waals surface area (Å²) in [6.45, 7) is 2.12. The van der Waals surface area contributed by atoms with Crippen molar-refractivity contribution >= 4 is 11.6 Å². The summed E-state index contributed by atoms with van der Waals surface area (Å²) in [6.07, 6.45) is 1.60. The number of nitrogens with one attached hydrogen (secondary N) is 1. The second-order valence-electron chi connectivity index (χ2n) is 4.81. The summed E-state index contributed by atoms with van der Waals surface area (Å²) >= 11 is 0. The van der Waals surface area contributed by atoms with Gasteiger partial charge >= 0.3 is 0 Å². The third kappa shape index (κ3) is 2.20. The number of hydrogen-bond acceptors (Lipinski definition) is 3. The fraction of sp³-hybridized carbons (Fsp3) is 0.462.